The molecule has 24 heavy (non-hydrogen) atoms. The molecule has 0 saturated heterocycles. The average molecular weight is 321 g/mol. The number of aliphatic hydroxyl groups is 1. The molecule has 1 atom stereocenters. The van der Waals surface area contributed by atoms with Crippen molar-refractivity contribution < 1.29 is 9.84 Å². The van der Waals surface area contributed by atoms with Crippen molar-refractivity contribution in [1.29, 1.82) is 0 Å². The fraction of sp³-hybridized carbons (Fsp3) is 0.105. The van der Waals surface area contributed by atoms with Crippen molar-refractivity contribution in [2.75, 3.05) is 10.6 Å². The van der Waals surface area contributed by atoms with Crippen LogP contribution in [0.5, 0.6) is 11.5 Å². The SMILES string of the molecule is CC(O)Nc1cc(Nc2ccc(Oc3ccccc3)cc2)ccn1. The van der Waals surface area contributed by atoms with Gasteiger partial charge in [0.05, 0.1) is 0 Å². The van der Waals surface area contributed by atoms with Crippen molar-refractivity contribution in [1.82, 2.24) is 4.98 Å². The van der Waals surface area contributed by atoms with Gasteiger partial charge in [-0.05, 0) is 49.4 Å². The number of anilines is 3. The number of rotatable bonds is 6. The number of hydrogen-bond acceptors (Lipinski definition) is 5. The lowest BCUT2D eigenvalue weighted by molar-refractivity contribution is 0.224. The highest BCUT2D eigenvalue weighted by atomic mass is 16.5. The summed E-state index contributed by atoms with van der Waals surface area (Å²) in [4.78, 5) is 4.15. The van der Waals surface area contributed by atoms with E-state index in [0.29, 0.717) is 5.82 Å². The number of para-hydroxylation sites is 1. The van der Waals surface area contributed by atoms with Gasteiger partial charge in [0.25, 0.3) is 0 Å². The van der Waals surface area contributed by atoms with Crippen LogP contribution in [0.2, 0.25) is 0 Å². The summed E-state index contributed by atoms with van der Waals surface area (Å²) >= 11 is 0. The molecule has 2 aromatic carbocycles. The standard InChI is InChI=1S/C19H19N3O2/c1-14(23)21-19-13-16(11-12-20-19)22-15-7-9-18(10-8-15)24-17-5-3-2-4-6-17/h2-14,23H,1H3,(H2,20,21,22). The van der Waals surface area contributed by atoms with Crippen LogP contribution >= 0.6 is 0 Å². The maximum absolute atomic E-state index is 9.35. The lowest BCUT2D eigenvalue weighted by atomic mass is 10.2. The molecular formula is C19H19N3O2. The van der Waals surface area contributed by atoms with Crippen molar-refractivity contribution in [3.05, 3.63) is 72.9 Å². The van der Waals surface area contributed by atoms with E-state index >= 15 is 0 Å². The molecule has 1 heterocycles. The summed E-state index contributed by atoms with van der Waals surface area (Å²) in [6.45, 7) is 1.65. The van der Waals surface area contributed by atoms with Gasteiger partial charge in [0.2, 0.25) is 0 Å². The second kappa shape index (κ2) is 7.48. The summed E-state index contributed by atoms with van der Waals surface area (Å²) in [6, 6.07) is 21.1. The lowest BCUT2D eigenvalue weighted by Crippen LogP contribution is -2.14. The Morgan fingerprint density at radius 1 is 0.917 bits per heavy atom. The first-order valence-corrected chi connectivity index (χ1v) is 7.70. The predicted molar refractivity (Wildman–Crippen MR) is 95.8 cm³/mol. The lowest BCUT2D eigenvalue weighted by Gasteiger charge is -2.11. The first-order valence-electron chi connectivity index (χ1n) is 7.70. The third-order valence-electron chi connectivity index (χ3n) is 3.24. The minimum absolute atomic E-state index is 0.610. The fourth-order valence-electron chi connectivity index (χ4n) is 2.20. The van der Waals surface area contributed by atoms with Crippen LogP contribution in [0.15, 0.2) is 72.9 Å². The molecule has 5 heteroatoms. The van der Waals surface area contributed by atoms with E-state index in [9.17, 15) is 5.11 Å². The van der Waals surface area contributed by atoms with E-state index < -0.39 is 6.23 Å². The quantitative estimate of drug-likeness (QED) is 0.588. The summed E-state index contributed by atoms with van der Waals surface area (Å²) in [5, 5.41) is 15.5. The van der Waals surface area contributed by atoms with E-state index in [1.165, 1.54) is 0 Å². The third kappa shape index (κ3) is 4.47. The topological polar surface area (TPSA) is 66.4 Å². The molecule has 0 bridgehead atoms. The zero-order valence-electron chi connectivity index (χ0n) is 13.3. The van der Waals surface area contributed by atoms with E-state index in [-0.39, 0.29) is 0 Å². The summed E-state index contributed by atoms with van der Waals surface area (Å²) in [5.74, 6) is 2.19. The van der Waals surface area contributed by atoms with Gasteiger partial charge in [0.1, 0.15) is 23.5 Å². The molecule has 1 unspecified atom stereocenters. The van der Waals surface area contributed by atoms with Gasteiger partial charge in [0.15, 0.2) is 0 Å². The molecule has 0 radical (unpaired) electrons. The van der Waals surface area contributed by atoms with Gasteiger partial charge >= 0.3 is 0 Å². The normalized spacial score (nSPS) is 11.6. The monoisotopic (exact) mass is 321 g/mol. The Labute approximate surface area is 141 Å². The first-order chi connectivity index (χ1) is 11.7. The van der Waals surface area contributed by atoms with Gasteiger partial charge in [-0.3, -0.25) is 0 Å². The van der Waals surface area contributed by atoms with Gasteiger partial charge in [-0.1, -0.05) is 18.2 Å². The molecule has 122 valence electrons. The fourth-order valence-corrected chi connectivity index (χ4v) is 2.20. The Morgan fingerprint density at radius 2 is 1.62 bits per heavy atom. The van der Waals surface area contributed by atoms with Crippen molar-refractivity contribution in [2.45, 2.75) is 13.2 Å². The van der Waals surface area contributed by atoms with Gasteiger partial charge in [-0.25, -0.2) is 4.98 Å². The zero-order chi connectivity index (χ0) is 16.8. The molecule has 3 aromatic rings. The highest BCUT2D eigenvalue weighted by Gasteiger charge is 2.01. The predicted octanol–water partition coefficient (Wildman–Crippen LogP) is 4.37. The van der Waals surface area contributed by atoms with Crippen LogP contribution in [-0.4, -0.2) is 16.3 Å². The molecule has 0 spiro atoms. The number of aromatic nitrogens is 1. The van der Waals surface area contributed by atoms with Crippen molar-refractivity contribution in [3.8, 4) is 11.5 Å². The van der Waals surface area contributed by atoms with E-state index in [4.69, 9.17) is 4.74 Å². The molecule has 0 aliphatic rings. The zero-order valence-corrected chi connectivity index (χ0v) is 13.3. The minimum Gasteiger partial charge on any atom is -0.457 e. The molecule has 1 aromatic heterocycles. The largest absolute Gasteiger partial charge is 0.457 e. The Bertz CT molecular complexity index is 774. The maximum Gasteiger partial charge on any atom is 0.129 e. The molecule has 0 aliphatic carbocycles. The van der Waals surface area contributed by atoms with Crippen LogP contribution < -0.4 is 15.4 Å². The Kier molecular flexibility index (Phi) is 4.93. The number of ether oxygens (including phenoxy) is 1. The van der Waals surface area contributed by atoms with Gasteiger partial charge in [0, 0.05) is 23.6 Å². The van der Waals surface area contributed by atoms with E-state index in [1.807, 2.05) is 66.7 Å². The number of benzene rings is 2. The second-order valence-corrected chi connectivity index (χ2v) is 5.31. The molecule has 5 nitrogen and oxygen atoms in total. The molecule has 0 fully saturated rings. The van der Waals surface area contributed by atoms with E-state index in [2.05, 4.69) is 15.6 Å². The number of hydrogen-bond donors (Lipinski definition) is 3. The number of aliphatic hydroxyl groups excluding tert-OH is 1. The summed E-state index contributed by atoms with van der Waals surface area (Å²) in [6.07, 6.45) is 1.03. The van der Waals surface area contributed by atoms with Crippen molar-refractivity contribution in [2.24, 2.45) is 0 Å². The van der Waals surface area contributed by atoms with Crippen LogP contribution in [0.25, 0.3) is 0 Å². The molecule has 3 rings (SSSR count). The summed E-state index contributed by atoms with van der Waals surface area (Å²) in [7, 11) is 0. The first kappa shape index (κ1) is 15.8. The maximum atomic E-state index is 9.35. The van der Waals surface area contributed by atoms with Gasteiger partial charge in [-0.2, -0.15) is 0 Å². The van der Waals surface area contributed by atoms with Gasteiger partial charge < -0.3 is 20.5 Å². The van der Waals surface area contributed by atoms with Crippen LogP contribution in [0, 0.1) is 0 Å². The van der Waals surface area contributed by atoms with Crippen molar-refractivity contribution >= 4 is 17.2 Å². The van der Waals surface area contributed by atoms with E-state index in [0.717, 1.165) is 22.9 Å². The molecule has 3 N–H and O–H groups in total. The Balaban J connectivity index is 1.66. The molecule has 0 saturated carbocycles. The number of pyridine rings is 1. The highest BCUT2D eigenvalue weighted by Crippen LogP contribution is 2.24. The molecule has 0 amide bonds. The highest BCUT2D eigenvalue weighted by molar-refractivity contribution is 5.63. The Hall–Kier alpha value is -3.05. The average Bonchev–Trinajstić information content (AvgIpc) is 2.57. The van der Waals surface area contributed by atoms with Gasteiger partial charge in [-0.15, -0.1) is 0 Å². The number of nitrogens with zero attached hydrogens (tertiary/aromatic N) is 1. The van der Waals surface area contributed by atoms with E-state index in [1.54, 1.807) is 13.1 Å². The summed E-state index contributed by atoms with van der Waals surface area (Å²) < 4.78 is 5.77. The van der Waals surface area contributed by atoms with Crippen LogP contribution in [0.1, 0.15) is 6.92 Å². The molecular weight excluding hydrogens is 302 g/mol. The third-order valence-corrected chi connectivity index (χ3v) is 3.24. The number of nitrogens with one attached hydrogen (secondary N) is 2. The van der Waals surface area contributed by atoms with Crippen molar-refractivity contribution in [3.63, 3.8) is 0 Å². The Morgan fingerprint density at radius 3 is 2.33 bits per heavy atom. The minimum atomic E-state index is -0.651. The van der Waals surface area contributed by atoms with Crippen LogP contribution in [-0.2, 0) is 0 Å². The van der Waals surface area contributed by atoms with Crippen LogP contribution in [0.4, 0.5) is 17.2 Å². The van der Waals surface area contributed by atoms with Crippen LogP contribution in [0.3, 0.4) is 0 Å². The second-order valence-electron chi connectivity index (χ2n) is 5.31. The molecule has 0 aliphatic heterocycles. The summed E-state index contributed by atoms with van der Waals surface area (Å²) in [5.41, 5.74) is 1.81. The smallest absolute Gasteiger partial charge is 0.129 e.